The molecule has 1 atom stereocenters. The number of anilines is 1. The lowest BCUT2D eigenvalue weighted by molar-refractivity contribution is -0.153. The summed E-state index contributed by atoms with van der Waals surface area (Å²) in [6, 6.07) is 7.44. The topological polar surface area (TPSA) is 78.3 Å². The molecule has 2 aliphatic rings. The van der Waals surface area contributed by atoms with Gasteiger partial charge < -0.3 is 14.2 Å². The fraction of sp³-hybridized carbons (Fsp3) is 0.500. The van der Waals surface area contributed by atoms with E-state index in [1.165, 1.54) is 11.4 Å². The molecule has 0 amide bonds. The largest absolute Gasteiger partial charge is 0.493 e. The van der Waals surface area contributed by atoms with E-state index in [1.807, 2.05) is 45.0 Å². The van der Waals surface area contributed by atoms with E-state index in [2.05, 4.69) is 15.2 Å². The fourth-order valence-electron chi connectivity index (χ4n) is 3.64. The van der Waals surface area contributed by atoms with Crippen LogP contribution in [0.3, 0.4) is 0 Å². The minimum absolute atomic E-state index is 0.503. The minimum atomic E-state index is -2.67. The van der Waals surface area contributed by atoms with Gasteiger partial charge in [0.1, 0.15) is 17.8 Å². The van der Waals surface area contributed by atoms with Gasteiger partial charge in [0, 0.05) is 0 Å². The van der Waals surface area contributed by atoms with Crippen molar-refractivity contribution in [3.63, 3.8) is 0 Å². The van der Waals surface area contributed by atoms with Gasteiger partial charge in [0.05, 0.1) is 31.2 Å². The summed E-state index contributed by atoms with van der Waals surface area (Å²) in [4.78, 5) is 8.81. The molecule has 0 aliphatic carbocycles. The zero-order chi connectivity index (χ0) is 22.7. The van der Waals surface area contributed by atoms with E-state index in [-0.39, 0.29) is 0 Å². The number of halogens is 2. The molecule has 172 valence electrons. The predicted molar refractivity (Wildman–Crippen MR) is 113 cm³/mol. The van der Waals surface area contributed by atoms with Crippen LogP contribution >= 0.6 is 0 Å². The third-order valence-corrected chi connectivity index (χ3v) is 5.30. The lowest BCUT2D eigenvalue weighted by atomic mass is 10.1. The number of alkyl halides is 2. The molecule has 4 rings (SSSR count). The third-order valence-electron chi connectivity index (χ3n) is 5.30. The van der Waals surface area contributed by atoms with Crippen LogP contribution in [0.1, 0.15) is 35.9 Å². The number of aromatic nitrogens is 2. The smallest absolute Gasteiger partial charge is 0.286 e. The summed E-state index contributed by atoms with van der Waals surface area (Å²) in [7, 11) is 0. The Bertz CT molecular complexity index is 942. The normalized spacial score (nSPS) is 19.8. The summed E-state index contributed by atoms with van der Waals surface area (Å²) in [6.07, 6.45) is -1.39. The van der Waals surface area contributed by atoms with E-state index in [0.29, 0.717) is 31.2 Å². The molecule has 3 heterocycles. The van der Waals surface area contributed by atoms with Crippen molar-refractivity contribution < 1.29 is 27.8 Å². The van der Waals surface area contributed by atoms with Crippen molar-refractivity contribution in [1.29, 1.82) is 0 Å². The lowest BCUT2D eigenvalue weighted by Crippen LogP contribution is -2.24. The van der Waals surface area contributed by atoms with Gasteiger partial charge >= 0.3 is 0 Å². The van der Waals surface area contributed by atoms with E-state index < -0.39 is 18.4 Å². The molecule has 1 aromatic heterocycles. The van der Waals surface area contributed by atoms with Crippen LogP contribution < -0.4 is 9.80 Å². The highest BCUT2D eigenvalue weighted by atomic mass is 19.3. The first-order valence-corrected chi connectivity index (χ1v) is 10.5. The Morgan fingerprint density at radius 3 is 2.47 bits per heavy atom. The Balaban J connectivity index is 1.29. The van der Waals surface area contributed by atoms with Crippen LogP contribution in [0.15, 0.2) is 29.3 Å². The van der Waals surface area contributed by atoms with Crippen LogP contribution in [0.5, 0.6) is 5.75 Å². The molecule has 2 aliphatic heterocycles. The van der Waals surface area contributed by atoms with Crippen molar-refractivity contribution >= 4 is 12.0 Å². The highest BCUT2D eigenvalue weighted by Crippen LogP contribution is 2.31. The standard InChI is InChI=1S/C22H26F2N4O4/c1-14-11-17(28-13-25-21(32-28)20(23)24)12-15(2)19(14)29-8-4-5-16-6-7-18(27-26-16)22(3)30-9-10-31-22/h6-7,11-13,20-21H,4-5,8-10H2,1-3H3. The van der Waals surface area contributed by atoms with Gasteiger partial charge in [-0.25, -0.2) is 23.7 Å². The summed E-state index contributed by atoms with van der Waals surface area (Å²) in [5, 5.41) is 9.77. The summed E-state index contributed by atoms with van der Waals surface area (Å²) < 4.78 is 42.7. The van der Waals surface area contributed by atoms with Crippen molar-refractivity contribution in [3.8, 4) is 5.75 Å². The van der Waals surface area contributed by atoms with Crippen LogP contribution in [0, 0.1) is 13.8 Å². The maximum atomic E-state index is 12.7. The van der Waals surface area contributed by atoms with Gasteiger partial charge in [-0.3, -0.25) is 0 Å². The highest BCUT2D eigenvalue weighted by Gasteiger charge is 2.35. The first kappa shape index (κ1) is 22.5. The van der Waals surface area contributed by atoms with Crippen molar-refractivity contribution in [2.45, 2.75) is 52.1 Å². The average Bonchev–Trinajstić information content (AvgIpc) is 3.43. The summed E-state index contributed by atoms with van der Waals surface area (Å²) in [6.45, 7) is 7.25. The lowest BCUT2D eigenvalue weighted by Gasteiger charge is -2.20. The molecular weight excluding hydrogens is 422 g/mol. The van der Waals surface area contributed by atoms with Gasteiger partial charge in [-0.1, -0.05) is 0 Å². The number of aryl methyl sites for hydroxylation is 3. The molecule has 0 bridgehead atoms. The molecular formula is C22H26F2N4O4. The number of nitrogens with zero attached hydrogens (tertiary/aromatic N) is 4. The summed E-state index contributed by atoms with van der Waals surface area (Å²) in [5.41, 5.74) is 3.91. The zero-order valence-corrected chi connectivity index (χ0v) is 18.3. The second-order valence-corrected chi connectivity index (χ2v) is 7.83. The molecule has 1 aromatic carbocycles. The van der Waals surface area contributed by atoms with Crippen molar-refractivity contribution in [2.24, 2.45) is 4.99 Å². The second-order valence-electron chi connectivity index (χ2n) is 7.83. The van der Waals surface area contributed by atoms with Crippen molar-refractivity contribution in [2.75, 3.05) is 24.9 Å². The Labute approximate surface area is 185 Å². The van der Waals surface area contributed by atoms with Gasteiger partial charge in [-0.05, 0) is 69.0 Å². The fourth-order valence-corrected chi connectivity index (χ4v) is 3.64. The molecule has 8 nitrogen and oxygen atoms in total. The summed E-state index contributed by atoms with van der Waals surface area (Å²) >= 11 is 0. The summed E-state index contributed by atoms with van der Waals surface area (Å²) in [5.74, 6) is -0.0532. The van der Waals surface area contributed by atoms with E-state index >= 15 is 0 Å². The Kier molecular flexibility index (Phi) is 6.63. The van der Waals surface area contributed by atoms with E-state index in [9.17, 15) is 8.78 Å². The van der Waals surface area contributed by atoms with Crippen LogP contribution in [0.2, 0.25) is 0 Å². The van der Waals surface area contributed by atoms with Gasteiger partial charge in [0.15, 0.2) is 0 Å². The number of rotatable bonds is 8. The van der Waals surface area contributed by atoms with Crippen LogP contribution in [-0.4, -0.2) is 49.0 Å². The van der Waals surface area contributed by atoms with Gasteiger partial charge in [0.2, 0.25) is 12.0 Å². The Morgan fingerprint density at radius 2 is 1.88 bits per heavy atom. The molecule has 0 radical (unpaired) electrons. The van der Waals surface area contributed by atoms with E-state index in [4.69, 9.17) is 19.0 Å². The first-order valence-electron chi connectivity index (χ1n) is 10.5. The monoisotopic (exact) mass is 448 g/mol. The number of ether oxygens (including phenoxy) is 3. The SMILES string of the molecule is Cc1cc(N2C=NC(C(F)F)O2)cc(C)c1OCCCc1ccc(C2(C)OCCO2)nn1. The molecule has 0 saturated carbocycles. The van der Waals surface area contributed by atoms with Gasteiger partial charge in [-0.2, -0.15) is 5.10 Å². The number of benzene rings is 1. The molecule has 10 heteroatoms. The van der Waals surface area contributed by atoms with E-state index in [0.717, 1.165) is 35.4 Å². The highest BCUT2D eigenvalue weighted by molar-refractivity contribution is 5.79. The van der Waals surface area contributed by atoms with Crippen LogP contribution in [0.4, 0.5) is 14.5 Å². The average molecular weight is 448 g/mol. The maximum absolute atomic E-state index is 12.7. The molecule has 1 saturated heterocycles. The Morgan fingerprint density at radius 1 is 1.16 bits per heavy atom. The molecule has 1 fully saturated rings. The number of hydroxylamine groups is 1. The van der Waals surface area contributed by atoms with Crippen LogP contribution in [-0.2, 0) is 26.5 Å². The van der Waals surface area contributed by atoms with Crippen molar-refractivity contribution in [3.05, 3.63) is 46.8 Å². The third kappa shape index (κ3) is 4.87. The molecule has 2 aromatic rings. The second kappa shape index (κ2) is 9.43. The van der Waals surface area contributed by atoms with Crippen molar-refractivity contribution in [1.82, 2.24) is 10.2 Å². The quantitative estimate of drug-likeness (QED) is 0.570. The van der Waals surface area contributed by atoms with Crippen LogP contribution in [0.25, 0.3) is 0 Å². The number of aliphatic imine (C=N–C) groups is 1. The maximum Gasteiger partial charge on any atom is 0.286 e. The minimum Gasteiger partial charge on any atom is -0.493 e. The molecule has 32 heavy (non-hydrogen) atoms. The zero-order valence-electron chi connectivity index (χ0n) is 18.3. The Hall–Kier alpha value is -2.69. The van der Waals surface area contributed by atoms with Gasteiger partial charge in [-0.15, -0.1) is 5.10 Å². The predicted octanol–water partition coefficient (Wildman–Crippen LogP) is 3.70. The number of hydrogen-bond donors (Lipinski definition) is 0. The molecule has 0 N–H and O–H groups in total. The molecule has 1 unspecified atom stereocenters. The van der Waals surface area contributed by atoms with E-state index in [1.54, 1.807) is 0 Å². The van der Waals surface area contributed by atoms with Gasteiger partial charge in [0.25, 0.3) is 6.43 Å². The number of hydrogen-bond acceptors (Lipinski definition) is 8. The molecule has 0 spiro atoms. The first-order chi connectivity index (χ1) is 15.4.